The summed E-state index contributed by atoms with van der Waals surface area (Å²) >= 11 is 0. The molecule has 0 atom stereocenters. The molecule has 0 aliphatic heterocycles. The summed E-state index contributed by atoms with van der Waals surface area (Å²) in [5.74, 6) is 0.645. The minimum atomic E-state index is -3.68. The van der Waals surface area contributed by atoms with Gasteiger partial charge in [-0.1, -0.05) is 25.8 Å². The Morgan fingerprint density at radius 3 is 0.467 bits per heavy atom. The Labute approximate surface area is 519 Å². The molecule has 5 heterocycles. The van der Waals surface area contributed by atoms with E-state index in [1.54, 1.807) is 69.2 Å². The van der Waals surface area contributed by atoms with E-state index < -0.39 is 50.1 Å². The van der Waals surface area contributed by atoms with Crippen LogP contribution in [0, 0.1) is 69.2 Å². The molecule has 10 rings (SSSR count). The predicted octanol–water partition coefficient (Wildman–Crippen LogP) is 8.37. The number of nitrogen functional groups attached to an aromatic ring is 5. The van der Waals surface area contributed by atoms with Crippen LogP contribution in [0.1, 0.15) is 56.3 Å². The van der Waals surface area contributed by atoms with Crippen LogP contribution < -0.4 is 52.3 Å². The molecule has 0 unspecified atom stereocenters. The number of aromatic nitrogens is 5. The van der Waals surface area contributed by atoms with E-state index in [4.69, 9.17) is 51.3 Å². The fraction of sp³-hybridized carbons (Fsp3) is 0.182. The van der Waals surface area contributed by atoms with E-state index in [9.17, 15) is 42.1 Å². The van der Waals surface area contributed by atoms with Crippen molar-refractivity contribution < 1.29 is 64.7 Å². The molecular weight excluding hydrogens is 1270 g/mol. The number of aryl methyl sites for hydroxylation is 5. The molecule has 0 bridgehead atoms. The van der Waals surface area contributed by atoms with E-state index in [2.05, 4.69) is 49.4 Å². The van der Waals surface area contributed by atoms with Crippen molar-refractivity contribution in [1.29, 1.82) is 0 Å². The van der Waals surface area contributed by atoms with Gasteiger partial charge in [-0.15, -0.1) is 0 Å². The van der Waals surface area contributed by atoms with Gasteiger partial charge in [-0.05, 0) is 191 Å². The first-order chi connectivity index (χ1) is 42.0. The van der Waals surface area contributed by atoms with Crippen molar-refractivity contribution in [2.45, 2.75) is 93.7 Å². The highest BCUT2D eigenvalue weighted by Gasteiger charge is 2.24. The predicted molar refractivity (Wildman–Crippen MR) is 338 cm³/mol. The molecule has 90 heavy (non-hydrogen) atoms. The second-order valence-corrected chi connectivity index (χ2v) is 27.9. The lowest BCUT2D eigenvalue weighted by Crippen LogP contribution is -2.13. The highest BCUT2D eigenvalue weighted by atomic mass is 32.2. The van der Waals surface area contributed by atoms with Crippen molar-refractivity contribution in [3.63, 3.8) is 0 Å². The molecule has 5 aromatic carbocycles. The van der Waals surface area contributed by atoms with Gasteiger partial charge in [0.25, 0.3) is 50.1 Å². The average molecular weight is 1340 g/mol. The summed E-state index contributed by atoms with van der Waals surface area (Å²) in [6.45, 7) is 17.3. The van der Waals surface area contributed by atoms with Crippen LogP contribution >= 0.6 is 0 Å². The third-order valence-electron chi connectivity index (χ3n) is 12.9. The number of sulfonamides is 5. The third kappa shape index (κ3) is 18.0. The second-order valence-electron chi connectivity index (χ2n) is 19.5. The molecular formula is C55H65N15O15S5. The van der Waals surface area contributed by atoms with E-state index in [0.717, 1.165) is 0 Å². The van der Waals surface area contributed by atoms with Gasteiger partial charge in [0, 0.05) is 56.3 Å². The van der Waals surface area contributed by atoms with Gasteiger partial charge in [0.1, 0.15) is 0 Å². The van der Waals surface area contributed by atoms with E-state index in [1.807, 2.05) is 0 Å². The largest absolute Gasteiger partial charge is 0.399 e. The maximum atomic E-state index is 12.0. The van der Waals surface area contributed by atoms with Gasteiger partial charge in [0.2, 0.25) is 29.4 Å². The number of hydrogen-bond donors (Lipinski definition) is 10. The molecule has 35 heteroatoms. The Morgan fingerprint density at radius 1 is 0.244 bits per heavy atom. The van der Waals surface area contributed by atoms with Gasteiger partial charge in [-0.3, -0.25) is 0 Å². The van der Waals surface area contributed by atoms with Gasteiger partial charge in [-0.2, -0.15) is 0 Å². The van der Waals surface area contributed by atoms with E-state index in [-0.39, 0.29) is 53.9 Å². The summed E-state index contributed by atoms with van der Waals surface area (Å²) in [6.07, 6.45) is 0. The SMILES string of the molecule is Cc1noc(NS(=O)(=O)c2ccc(N)cc2)c1C.Cc1noc(NS(=O)(=O)c2ccc(N)cc2)c1C.Cc1noc(NS(=O)(=O)c2ccc(N)cc2)c1C.Cc1noc(NS(=O)(=O)c2ccc(N)cc2)c1C.Cc1noc(NS(=O)(=O)c2ccc(N)cc2)c1C. The normalized spacial score (nSPS) is 11.4. The second kappa shape index (κ2) is 28.4. The Hall–Kier alpha value is -10.1. The van der Waals surface area contributed by atoms with Crippen molar-refractivity contribution in [3.05, 3.63) is 178 Å². The van der Waals surface area contributed by atoms with Crippen LogP contribution in [-0.4, -0.2) is 67.9 Å². The van der Waals surface area contributed by atoms with Crippen LogP contribution in [0.4, 0.5) is 57.9 Å². The fourth-order valence-electron chi connectivity index (χ4n) is 6.69. The van der Waals surface area contributed by atoms with Crippen LogP contribution in [-0.2, 0) is 50.1 Å². The van der Waals surface area contributed by atoms with Crippen molar-refractivity contribution >= 4 is 108 Å². The Balaban J connectivity index is 0.000000179. The maximum Gasteiger partial charge on any atom is 0.264 e. The van der Waals surface area contributed by atoms with Gasteiger partial charge >= 0.3 is 0 Å². The lowest BCUT2D eigenvalue weighted by Gasteiger charge is -2.05. The van der Waals surface area contributed by atoms with Crippen LogP contribution in [0.2, 0.25) is 0 Å². The molecule has 15 N–H and O–H groups in total. The van der Waals surface area contributed by atoms with Gasteiger partial charge in [0.15, 0.2) is 0 Å². The summed E-state index contributed by atoms with van der Waals surface area (Å²) < 4.78 is 157. The standard InChI is InChI=1S/5C11H13N3O3S/c5*1-7-8(2)13-17-11(7)14-18(15,16)10-5-3-9(12)4-6-10/h5*3-6,14H,12H2,1-2H3. The Morgan fingerprint density at radius 2 is 0.367 bits per heavy atom. The lowest BCUT2D eigenvalue weighted by molar-refractivity contribution is 0.430. The number of nitrogens with two attached hydrogens (primary N) is 5. The number of nitrogens with one attached hydrogen (secondary N) is 5. The average Bonchev–Trinajstić information content (AvgIpc) is 2.20. The highest BCUT2D eigenvalue weighted by Crippen LogP contribution is 2.27. The maximum absolute atomic E-state index is 12.0. The summed E-state index contributed by atoms with van der Waals surface area (Å²) in [4.78, 5) is 0.579. The number of rotatable bonds is 15. The number of benzene rings is 5. The molecule has 0 radical (unpaired) electrons. The third-order valence-corrected chi connectivity index (χ3v) is 19.6. The van der Waals surface area contributed by atoms with Gasteiger partial charge in [0.05, 0.1) is 52.9 Å². The Kier molecular flexibility index (Phi) is 21.8. The fourth-order valence-corrected chi connectivity index (χ4v) is 11.9. The number of hydrogen-bond acceptors (Lipinski definition) is 25. The first-order valence-electron chi connectivity index (χ1n) is 26.1. The minimum Gasteiger partial charge on any atom is -0.399 e. The summed E-state index contributed by atoms with van der Waals surface area (Å²) in [6, 6.07) is 29.5. The zero-order valence-electron chi connectivity index (χ0n) is 49.8. The quantitative estimate of drug-likeness (QED) is 0.0431. The van der Waals surface area contributed by atoms with E-state index >= 15 is 0 Å². The van der Waals surface area contributed by atoms with Gasteiger partial charge in [-0.25, -0.2) is 65.7 Å². The van der Waals surface area contributed by atoms with E-state index in [1.165, 1.54) is 121 Å². The zero-order chi connectivity index (χ0) is 66.7. The van der Waals surface area contributed by atoms with Crippen molar-refractivity contribution in [1.82, 2.24) is 25.8 Å². The number of anilines is 10. The molecule has 30 nitrogen and oxygen atoms in total. The van der Waals surface area contributed by atoms with Gasteiger partial charge < -0.3 is 51.3 Å². The molecule has 0 amide bonds. The molecule has 480 valence electrons. The molecule has 0 aliphatic rings. The number of nitrogens with zero attached hydrogens (tertiary/aromatic N) is 5. The van der Waals surface area contributed by atoms with E-state index in [0.29, 0.717) is 84.7 Å². The van der Waals surface area contributed by atoms with Crippen LogP contribution in [0.25, 0.3) is 0 Å². The highest BCUT2D eigenvalue weighted by molar-refractivity contribution is 7.94. The van der Waals surface area contributed by atoms with Crippen LogP contribution in [0.3, 0.4) is 0 Å². The smallest absolute Gasteiger partial charge is 0.264 e. The molecule has 0 spiro atoms. The van der Waals surface area contributed by atoms with Crippen molar-refractivity contribution in [2.75, 3.05) is 52.3 Å². The summed E-state index contributed by atoms with van der Waals surface area (Å²) in [5.41, 5.74) is 36.6. The summed E-state index contributed by atoms with van der Waals surface area (Å²) in [7, 11) is -18.4. The van der Waals surface area contributed by atoms with Crippen molar-refractivity contribution in [3.8, 4) is 0 Å². The Bertz CT molecular complexity index is 3990. The topological polar surface area (TPSA) is 491 Å². The van der Waals surface area contributed by atoms with Crippen LogP contribution in [0.5, 0.6) is 0 Å². The zero-order valence-corrected chi connectivity index (χ0v) is 53.9. The molecule has 0 fully saturated rings. The molecule has 0 aliphatic carbocycles. The molecule has 0 saturated heterocycles. The monoisotopic (exact) mass is 1340 g/mol. The molecule has 5 aromatic heterocycles. The first-order valence-corrected chi connectivity index (χ1v) is 33.5. The molecule has 10 aromatic rings. The lowest BCUT2D eigenvalue weighted by atomic mass is 10.3. The first kappa shape index (κ1) is 69.0. The summed E-state index contributed by atoms with van der Waals surface area (Å²) in [5, 5.41) is 18.4. The van der Waals surface area contributed by atoms with Crippen LogP contribution in [0.15, 0.2) is 168 Å². The van der Waals surface area contributed by atoms with Crippen molar-refractivity contribution in [2.24, 2.45) is 0 Å². The molecule has 0 saturated carbocycles. The minimum absolute atomic E-state index is 0.116.